The van der Waals surface area contributed by atoms with Crippen LogP contribution in [0.25, 0.3) is 16.9 Å². The maximum absolute atomic E-state index is 12.1. The van der Waals surface area contributed by atoms with Gasteiger partial charge in [0.2, 0.25) is 5.78 Å². The summed E-state index contributed by atoms with van der Waals surface area (Å²) in [5, 5.41) is 3.33. The van der Waals surface area contributed by atoms with Gasteiger partial charge < -0.3 is 16.0 Å². The highest BCUT2D eigenvalue weighted by atomic mass is 16.1. The molecular weight excluding hydrogens is 278 g/mol. The van der Waals surface area contributed by atoms with Gasteiger partial charge in [0, 0.05) is 25.1 Å². The summed E-state index contributed by atoms with van der Waals surface area (Å²) in [6.07, 6.45) is 6.36. The van der Waals surface area contributed by atoms with Crippen molar-refractivity contribution in [2.45, 2.75) is 13.0 Å². The molecule has 0 bridgehead atoms. The van der Waals surface area contributed by atoms with Crippen LogP contribution < -0.4 is 16.6 Å². The molecule has 2 aromatic heterocycles. The van der Waals surface area contributed by atoms with Gasteiger partial charge in [-0.15, -0.1) is 0 Å². The maximum Gasteiger partial charge on any atom is 0.282 e. The minimum atomic E-state index is -0.226. The number of nitrogens with two attached hydrogens (primary N) is 1. The SMILES string of the molecule is NCCCNCc1ccc(-c2cn3cc[nH]c3nc2=O)cc1. The number of benzene rings is 1. The molecule has 6 heteroatoms. The lowest BCUT2D eigenvalue weighted by molar-refractivity contribution is 0.655. The summed E-state index contributed by atoms with van der Waals surface area (Å²) in [5.74, 6) is 0.550. The van der Waals surface area contributed by atoms with Gasteiger partial charge in [-0.05, 0) is 30.6 Å². The molecule has 1 aromatic carbocycles. The Hall–Kier alpha value is -2.44. The van der Waals surface area contributed by atoms with Gasteiger partial charge in [0.15, 0.2) is 0 Å². The summed E-state index contributed by atoms with van der Waals surface area (Å²) < 4.78 is 1.80. The molecule has 3 rings (SSSR count). The first-order chi connectivity index (χ1) is 10.8. The van der Waals surface area contributed by atoms with E-state index in [4.69, 9.17) is 5.73 Å². The highest BCUT2D eigenvalue weighted by molar-refractivity contribution is 5.62. The summed E-state index contributed by atoms with van der Waals surface area (Å²) in [4.78, 5) is 19.0. The van der Waals surface area contributed by atoms with Crippen LogP contribution >= 0.6 is 0 Å². The van der Waals surface area contributed by atoms with E-state index >= 15 is 0 Å². The molecule has 3 aromatic rings. The molecule has 22 heavy (non-hydrogen) atoms. The normalized spacial score (nSPS) is 11.1. The van der Waals surface area contributed by atoms with E-state index < -0.39 is 0 Å². The molecule has 0 saturated heterocycles. The van der Waals surface area contributed by atoms with E-state index in [0.29, 0.717) is 17.9 Å². The van der Waals surface area contributed by atoms with Gasteiger partial charge in [-0.1, -0.05) is 24.3 Å². The second kappa shape index (κ2) is 6.55. The zero-order valence-corrected chi connectivity index (χ0v) is 12.2. The predicted octanol–water partition coefficient (Wildman–Crippen LogP) is 1.13. The van der Waals surface area contributed by atoms with Gasteiger partial charge in [0.25, 0.3) is 5.56 Å². The van der Waals surface area contributed by atoms with E-state index in [-0.39, 0.29) is 5.56 Å². The Bertz CT molecular complexity index is 803. The lowest BCUT2D eigenvalue weighted by Crippen LogP contribution is -2.17. The van der Waals surface area contributed by atoms with Crippen molar-refractivity contribution in [3.05, 3.63) is 58.8 Å². The molecule has 0 atom stereocenters. The number of nitrogens with one attached hydrogen (secondary N) is 2. The summed E-state index contributed by atoms with van der Waals surface area (Å²) in [6, 6.07) is 7.96. The van der Waals surface area contributed by atoms with Crippen molar-refractivity contribution in [3.8, 4) is 11.1 Å². The molecule has 4 N–H and O–H groups in total. The lowest BCUT2D eigenvalue weighted by atomic mass is 10.1. The number of aromatic amines is 1. The van der Waals surface area contributed by atoms with Crippen molar-refractivity contribution >= 4 is 5.78 Å². The first-order valence-electron chi connectivity index (χ1n) is 7.34. The summed E-state index contributed by atoms with van der Waals surface area (Å²) in [7, 11) is 0. The first kappa shape index (κ1) is 14.5. The van der Waals surface area contributed by atoms with Gasteiger partial charge in [0.1, 0.15) is 0 Å². The van der Waals surface area contributed by atoms with Gasteiger partial charge in [-0.25, -0.2) is 0 Å². The molecule has 0 spiro atoms. The molecule has 0 radical (unpaired) electrons. The number of fused-ring (bicyclic) bond motifs is 1. The molecule has 6 nitrogen and oxygen atoms in total. The van der Waals surface area contributed by atoms with Gasteiger partial charge in [-0.2, -0.15) is 4.98 Å². The van der Waals surface area contributed by atoms with Crippen molar-refractivity contribution in [2.75, 3.05) is 13.1 Å². The zero-order valence-electron chi connectivity index (χ0n) is 12.2. The number of hydrogen-bond acceptors (Lipinski definition) is 4. The Labute approximate surface area is 128 Å². The summed E-state index contributed by atoms with van der Waals surface area (Å²) in [5.41, 5.74) is 7.88. The third-order valence-electron chi connectivity index (χ3n) is 3.55. The number of nitrogens with zero attached hydrogens (tertiary/aromatic N) is 2. The Balaban J connectivity index is 1.79. The first-order valence-corrected chi connectivity index (χ1v) is 7.34. The molecular formula is C16H19N5O. The fraction of sp³-hybridized carbons (Fsp3) is 0.250. The van der Waals surface area contributed by atoms with E-state index in [9.17, 15) is 4.79 Å². The monoisotopic (exact) mass is 297 g/mol. The Morgan fingerprint density at radius 2 is 2.09 bits per heavy atom. The topological polar surface area (TPSA) is 88.2 Å². The third kappa shape index (κ3) is 3.08. The van der Waals surface area contributed by atoms with Crippen molar-refractivity contribution in [1.82, 2.24) is 19.7 Å². The second-order valence-corrected chi connectivity index (χ2v) is 5.17. The number of H-pyrrole nitrogens is 1. The minimum Gasteiger partial charge on any atom is -0.330 e. The van der Waals surface area contributed by atoms with E-state index in [1.807, 2.05) is 30.5 Å². The fourth-order valence-electron chi connectivity index (χ4n) is 2.34. The molecule has 0 fully saturated rings. The van der Waals surface area contributed by atoms with E-state index in [1.54, 1.807) is 16.8 Å². The quantitative estimate of drug-likeness (QED) is 0.595. The number of imidazole rings is 1. The third-order valence-corrected chi connectivity index (χ3v) is 3.55. The van der Waals surface area contributed by atoms with Gasteiger partial charge in [-0.3, -0.25) is 9.20 Å². The smallest absolute Gasteiger partial charge is 0.282 e. The van der Waals surface area contributed by atoms with Crippen LogP contribution in [0.15, 0.2) is 47.7 Å². The van der Waals surface area contributed by atoms with E-state index in [0.717, 1.165) is 25.1 Å². The lowest BCUT2D eigenvalue weighted by Gasteiger charge is -2.06. The van der Waals surface area contributed by atoms with Crippen molar-refractivity contribution in [2.24, 2.45) is 5.73 Å². The molecule has 2 heterocycles. The van der Waals surface area contributed by atoms with Crippen molar-refractivity contribution < 1.29 is 0 Å². The number of hydrogen-bond donors (Lipinski definition) is 3. The predicted molar refractivity (Wildman–Crippen MR) is 86.6 cm³/mol. The van der Waals surface area contributed by atoms with Crippen LogP contribution in [0.4, 0.5) is 0 Å². The van der Waals surface area contributed by atoms with Crippen molar-refractivity contribution in [3.63, 3.8) is 0 Å². The van der Waals surface area contributed by atoms with Gasteiger partial charge >= 0.3 is 0 Å². The highest BCUT2D eigenvalue weighted by Gasteiger charge is 2.06. The highest BCUT2D eigenvalue weighted by Crippen LogP contribution is 2.16. The average molecular weight is 297 g/mol. The molecule has 0 aliphatic heterocycles. The Morgan fingerprint density at radius 3 is 2.86 bits per heavy atom. The van der Waals surface area contributed by atoms with Crippen LogP contribution in [0, 0.1) is 0 Å². The zero-order chi connectivity index (χ0) is 15.4. The number of rotatable bonds is 6. The fourth-order valence-corrected chi connectivity index (χ4v) is 2.34. The van der Waals surface area contributed by atoms with Crippen molar-refractivity contribution in [1.29, 1.82) is 0 Å². The minimum absolute atomic E-state index is 0.226. The summed E-state index contributed by atoms with van der Waals surface area (Å²) >= 11 is 0. The molecule has 114 valence electrons. The summed E-state index contributed by atoms with van der Waals surface area (Å²) in [6.45, 7) is 2.41. The Kier molecular flexibility index (Phi) is 4.32. The molecule has 0 saturated carbocycles. The van der Waals surface area contributed by atoms with Crippen LogP contribution in [-0.4, -0.2) is 27.5 Å². The second-order valence-electron chi connectivity index (χ2n) is 5.17. The van der Waals surface area contributed by atoms with Crippen LogP contribution in [0.1, 0.15) is 12.0 Å². The van der Waals surface area contributed by atoms with Crippen LogP contribution in [0.5, 0.6) is 0 Å². The van der Waals surface area contributed by atoms with Gasteiger partial charge in [0.05, 0.1) is 5.56 Å². The Morgan fingerprint density at radius 1 is 1.27 bits per heavy atom. The molecule has 0 amide bonds. The van der Waals surface area contributed by atoms with Crippen LogP contribution in [0.3, 0.4) is 0 Å². The molecule has 0 aliphatic rings. The average Bonchev–Trinajstić information content (AvgIpc) is 2.98. The van der Waals surface area contributed by atoms with Crippen LogP contribution in [-0.2, 0) is 6.54 Å². The standard InChI is InChI=1S/C16H19N5O/c17-6-1-7-18-10-12-2-4-13(5-3-12)14-11-21-9-8-19-16(21)20-15(14)22/h2-5,8-9,11,18H,1,6-7,10,17H2,(H,19,20,22). The molecule has 0 unspecified atom stereocenters. The van der Waals surface area contributed by atoms with E-state index in [2.05, 4.69) is 15.3 Å². The maximum atomic E-state index is 12.1. The largest absolute Gasteiger partial charge is 0.330 e. The number of aromatic nitrogens is 3. The van der Waals surface area contributed by atoms with E-state index in [1.165, 1.54) is 5.56 Å². The molecule has 0 aliphatic carbocycles. The van der Waals surface area contributed by atoms with Crippen LogP contribution in [0.2, 0.25) is 0 Å².